The van der Waals surface area contributed by atoms with E-state index in [9.17, 15) is 24.6 Å². The van der Waals surface area contributed by atoms with Gasteiger partial charge in [-0.05, 0) is 42.0 Å². The minimum Gasteiger partial charge on any atom is -0.480 e. The molecule has 2 atom stereocenters. The van der Waals surface area contributed by atoms with Crippen LogP contribution in [0.15, 0.2) is 48.5 Å². The van der Waals surface area contributed by atoms with Gasteiger partial charge in [0.25, 0.3) is 0 Å². The maximum Gasteiger partial charge on any atom is 0.407 e. The highest BCUT2D eigenvalue weighted by Crippen LogP contribution is 2.44. The van der Waals surface area contributed by atoms with Gasteiger partial charge >= 0.3 is 12.1 Å². The Kier molecular flexibility index (Phi) is 7.40. The summed E-state index contributed by atoms with van der Waals surface area (Å²) in [5.41, 5.74) is 3.65. The van der Waals surface area contributed by atoms with Crippen LogP contribution in [0, 0.1) is 5.92 Å². The summed E-state index contributed by atoms with van der Waals surface area (Å²) >= 11 is 0. The van der Waals surface area contributed by atoms with Crippen LogP contribution in [-0.2, 0) is 14.3 Å². The number of aliphatic hydroxyl groups is 1. The molecule has 0 spiro atoms. The Hall–Kier alpha value is -3.39. The molecular formula is C27H32N2O6. The molecule has 35 heavy (non-hydrogen) atoms. The summed E-state index contributed by atoms with van der Waals surface area (Å²) < 4.78 is 5.70. The summed E-state index contributed by atoms with van der Waals surface area (Å²) in [6, 6.07) is 16.2. The lowest BCUT2D eigenvalue weighted by atomic mass is 9.73. The van der Waals surface area contributed by atoms with Crippen molar-refractivity contribution < 1.29 is 29.3 Å². The number of hydrogen-bond acceptors (Lipinski definition) is 5. The van der Waals surface area contributed by atoms with Gasteiger partial charge in [-0.2, -0.15) is 0 Å². The van der Waals surface area contributed by atoms with E-state index in [0.29, 0.717) is 12.8 Å². The summed E-state index contributed by atoms with van der Waals surface area (Å²) in [6.07, 6.45) is 2.15. The number of fused-ring (bicyclic) bond motifs is 3. The standard InChI is InChI=1S/C27H32N2O6/c1-27(13-7-6-12-23(27)25(33)29(14-15-30)16-24(31)32)28-26(34)35-17-22-20-10-4-2-8-18(20)19-9-3-5-11-21(19)22/h2-5,8-11,22-23,30H,6-7,12-17H2,1H3,(H,28,34)(H,31,32). The Morgan fingerprint density at radius 3 is 2.29 bits per heavy atom. The zero-order valence-corrected chi connectivity index (χ0v) is 19.9. The fourth-order valence-corrected chi connectivity index (χ4v) is 5.52. The van der Waals surface area contributed by atoms with Crippen molar-refractivity contribution >= 4 is 18.0 Å². The second-order valence-corrected chi connectivity index (χ2v) is 9.54. The van der Waals surface area contributed by atoms with Crippen LogP contribution in [-0.4, -0.2) is 64.9 Å². The predicted molar refractivity (Wildman–Crippen MR) is 130 cm³/mol. The summed E-state index contributed by atoms with van der Waals surface area (Å²) in [7, 11) is 0. The van der Waals surface area contributed by atoms with Crippen molar-refractivity contribution in [3.05, 3.63) is 59.7 Å². The van der Waals surface area contributed by atoms with Crippen molar-refractivity contribution in [3.8, 4) is 11.1 Å². The van der Waals surface area contributed by atoms with Gasteiger partial charge < -0.3 is 25.2 Å². The zero-order valence-electron chi connectivity index (χ0n) is 19.9. The van der Waals surface area contributed by atoms with E-state index in [2.05, 4.69) is 29.6 Å². The fraction of sp³-hybridized carbons (Fsp3) is 0.444. The lowest BCUT2D eigenvalue weighted by Crippen LogP contribution is -2.58. The van der Waals surface area contributed by atoms with Crippen molar-refractivity contribution in [2.45, 2.75) is 44.1 Å². The minimum atomic E-state index is -1.14. The smallest absolute Gasteiger partial charge is 0.407 e. The van der Waals surface area contributed by atoms with Gasteiger partial charge in [-0.15, -0.1) is 0 Å². The molecule has 0 aliphatic heterocycles. The first-order chi connectivity index (χ1) is 16.8. The number of benzene rings is 2. The van der Waals surface area contributed by atoms with Crippen LogP contribution in [0.2, 0.25) is 0 Å². The molecule has 0 heterocycles. The number of carbonyl (C=O) groups excluding carboxylic acids is 2. The number of rotatable bonds is 8. The number of alkyl carbamates (subject to hydrolysis) is 1. The molecule has 2 aliphatic rings. The van der Waals surface area contributed by atoms with E-state index >= 15 is 0 Å². The molecule has 0 bridgehead atoms. The number of amides is 2. The van der Waals surface area contributed by atoms with Gasteiger partial charge in [-0.3, -0.25) is 9.59 Å². The number of nitrogens with zero attached hydrogens (tertiary/aromatic N) is 1. The van der Waals surface area contributed by atoms with E-state index in [1.54, 1.807) is 0 Å². The molecule has 4 rings (SSSR count). The van der Waals surface area contributed by atoms with Crippen molar-refractivity contribution in [2.75, 3.05) is 26.3 Å². The van der Waals surface area contributed by atoms with Crippen LogP contribution in [0.3, 0.4) is 0 Å². The minimum absolute atomic E-state index is 0.0668. The van der Waals surface area contributed by atoms with E-state index in [1.807, 2.05) is 31.2 Å². The highest BCUT2D eigenvalue weighted by Gasteiger charge is 2.44. The summed E-state index contributed by atoms with van der Waals surface area (Å²) in [5, 5.41) is 21.4. The Bertz CT molecular complexity index is 1060. The fourth-order valence-electron chi connectivity index (χ4n) is 5.52. The number of carboxylic acids is 1. The van der Waals surface area contributed by atoms with Crippen molar-refractivity contribution in [3.63, 3.8) is 0 Å². The highest BCUT2D eigenvalue weighted by atomic mass is 16.5. The quantitative estimate of drug-likeness (QED) is 0.533. The third-order valence-electron chi connectivity index (χ3n) is 7.25. The van der Waals surface area contributed by atoms with Gasteiger partial charge in [0.15, 0.2) is 0 Å². The average molecular weight is 481 g/mol. The molecule has 2 unspecified atom stereocenters. The monoisotopic (exact) mass is 480 g/mol. The molecule has 186 valence electrons. The molecule has 0 saturated heterocycles. The van der Waals surface area contributed by atoms with Crippen LogP contribution in [0.1, 0.15) is 49.7 Å². The van der Waals surface area contributed by atoms with E-state index in [-0.39, 0.29) is 31.6 Å². The Morgan fingerprint density at radius 1 is 1.06 bits per heavy atom. The molecule has 3 N–H and O–H groups in total. The summed E-state index contributed by atoms with van der Waals surface area (Å²) in [4.78, 5) is 38.5. The molecule has 2 aromatic rings. The van der Waals surface area contributed by atoms with Crippen LogP contribution < -0.4 is 5.32 Å². The third kappa shape index (κ3) is 5.17. The SMILES string of the molecule is CC1(NC(=O)OCC2c3ccccc3-c3ccccc32)CCCCC1C(=O)N(CCO)CC(=O)O. The van der Waals surface area contributed by atoms with Crippen molar-refractivity contribution in [2.24, 2.45) is 5.92 Å². The van der Waals surface area contributed by atoms with Gasteiger partial charge in [0.05, 0.1) is 18.1 Å². The van der Waals surface area contributed by atoms with E-state index < -0.39 is 30.1 Å². The van der Waals surface area contributed by atoms with Gasteiger partial charge in [0.2, 0.25) is 5.91 Å². The first kappa shape index (κ1) is 24.7. The lowest BCUT2D eigenvalue weighted by molar-refractivity contribution is -0.148. The number of ether oxygens (including phenoxy) is 1. The molecule has 8 heteroatoms. The number of carboxylic acid groups (broad SMARTS) is 1. The average Bonchev–Trinajstić information content (AvgIpc) is 3.15. The van der Waals surface area contributed by atoms with Gasteiger partial charge in [0.1, 0.15) is 13.2 Å². The molecule has 2 aliphatic carbocycles. The Morgan fingerprint density at radius 2 is 1.69 bits per heavy atom. The first-order valence-electron chi connectivity index (χ1n) is 12.1. The van der Waals surface area contributed by atoms with Crippen LogP contribution in [0.25, 0.3) is 11.1 Å². The number of nitrogens with one attached hydrogen (secondary N) is 1. The molecule has 0 aromatic heterocycles. The maximum absolute atomic E-state index is 13.2. The number of carbonyl (C=O) groups is 3. The molecule has 8 nitrogen and oxygen atoms in total. The van der Waals surface area contributed by atoms with E-state index in [4.69, 9.17) is 4.74 Å². The molecule has 2 aromatic carbocycles. The second-order valence-electron chi connectivity index (χ2n) is 9.54. The lowest BCUT2D eigenvalue weighted by Gasteiger charge is -2.42. The zero-order chi connectivity index (χ0) is 25.0. The number of hydrogen-bond donors (Lipinski definition) is 3. The largest absolute Gasteiger partial charge is 0.480 e. The van der Waals surface area contributed by atoms with E-state index in [0.717, 1.165) is 40.0 Å². The molecule has 1 fully saturated rings. The Balaban J connectivity index is 1.46. The predicted octanol–water partition coefficient (Wildman–Crippen LogP) is 3.38. The second kappa shape index (κ2) is 10.5. The summed E-state index contributed by atoms with van der Waals surface area (Å²) in [6.45, 7) is 1.10. The van der Waals surface area contributed by atoms with Crippen LogP contribution in [0.4, 0.5) is 4.79 Å². The normalized spacial score (nSPS) is 21.0. The topological polar surface area (TPSA) is 116 Å². The van der Waals surface area contributed by atoms with Crippen LogP contribution >= 0.6 is 0 Å². The Labute approximate surface area is 204 Å². The molecule has 0 radical (unpaired) electrons. The first-order valence-corrected chi connectivity index (χ1v) is 12.1. The van der Waals surface area contributed by atoms with E-state index in [1.165, 1.54) is 0 Å². The van der Waals surface area contributed by atoms with Crippen molar-refractivity contribution in [1.82, 2.24) is 10.2 Å². The van der Waals surface area contributed by atoms with Crippen LogP contribution in [0.5, 0.6) is 0 Å². The maximum atomic E-state index is 13.2. The van der Waals surface area contributed by atoms with Gasteiger partial charge in [-0.1, -0.05) is 61.4 Å². The number of aliphatic carboxylic acids is 1. The van der Waals surface area contributed by atoms with Gasteiger partial charge in [0, 0.05) is 12.5 Å². The van der Waals surface area contributed by atoms with Gasteiger partial charge in [-0.25, -0.2) is 4.79 Å². The summed E-state index contributed by atoms with van der Waals surface area (Å²) in [5.74, 6) is -2.18. The third-order valence-corrected chi connectivity index (χ3v) is 7.25. The van der Waals surface area contributed by atoms with Crippen molar-refractivity contribution in [1.29, 1.82) is 0 Å². The molecule has 1 saturated carbocycles. The molecular weight excluding hydrogens is 448 g/mol. The highest BCUT2D eigenvalue weighted by molar-refractivity contribution is 5.85. The number of aliphatic hydroxyl groups excluding tert-OH is 1. The molecule has 2 amide bonds.